The molecule has 0 saturated heterocycles. The number of benzene rings is 3. The smallest absolute Gasteiger partial charge is 0.497 e. The maximum atomic E-state index is 6.95. The van der Waals surface area contributed by atoms with Crippen LogP contribution in [0, 0.1) is 0 Å². The van der Waals surface area contributed by atoms with Crippen molar-refractivity contribution in [2.45, 2.75) is 69.4 Å². The van der Waals surface area contributed by atoms with Gasteiger partial charge in [0.2, 0.25) is 0 Å². The van der Waals surface area contributed by atoms with E-state index in [9.17, 15) is 0 Å². The van der Waals surface area contributed by atoms with Crippen LogP contribution >= 0.6 is 0 Å². The third-order valence-electron chi connectivity index (χ3n) is 8.05. The van der Waals surface area contributed by atoms with Crippen molar-refractivity contribution in [2.24, 2.45) is 0 Å². The normalized spacial score (nSPS) is 11.9. The number of hydrogen-bond donors (Lipinski definition) is 0. The first-order chi connectivity index (χ1) is 20.6. The van der Waals surface area contributed by atoms with Gasteiger partial charge >= 0.3 is 8.80 Å². The second-order valence-electron chi connectivity index (χ2n) is 10.6. The molecule has 0 aliphatic heterocycles. The third kappa shape index (κ3) is 9.16. The van der Waals surface area contributed by atoms with Crippen LogP contribution in [0.15, 0.2) is 78.9 Å². The van der Waals surface area contributed by atoms with E-state index >= 15 is 0 Å². The summed E-state index contributed by atoms with van der Waals surface area (Å²) in [4.78, 5) is 0. The third-order valence-corrected chi connectivity index (χ3v) is 10.9. The minimum Gasteiger partial charge on any atom is -0.497 e. The van der Waals surface area contributed by atoms with E-state index in [1.54, 1.807) is 35.5 Å². The minimum absolute atomic E-state index is 0.664. The first-order valence-corrected chi connectivity index (χ1v) is 17.1. The second-order valence-corrected chi connectivity index (χ2v) is 13.7. The molecule has 230 valence electrons. The van der Waals surface area contributed by atoms with Gasteiger partial charge in [0.15, 0.2) is 0 Å². The molecule has 0 amide bonds. The van der Waals surface area contributed by atoms with E-state index in [2.05, 4.69) is 48.5 Å². The van der Waals surface area contributed by atoms with Crippen LogP contribution in [0.25, 0.3) is 0 Å². The Labute approximate surface area is 254 Å². The van der Waals surface area contributed by atoms with Crippen molar-refractivity contribution >= 4 is 8.80 Å². The molecule has 3 aromatic rings. The first-order valence-electron chi connectivity index (χ1n) is 15.2. The summed E-state index contributed by atoms with van der Waals surface area (Å²) >= 11 is 0. The summed E-state index contributed by atoms with van der Waals surface area (Å²) in [5.74, 6) is 1.65. The van der Waals surface area contributed by atoms with Gasteiger partial charge in [0.05, 0.1) is 14.2 Å². The van der Waals surface area contributed by atoms with E-state index in [1.807, 2.05) is 30.3 Å². The molecule has 0 N–H and O–H groups in total. The Morgan fingerprint density at radius 2 is 0.881 bits per heavy atom. The average molecular weight is 595 g/mol. The summed E-state index contributed by atoms with van der Waals surface area (Å²) in [6.07, 6.45) is 10.7. The lowest BCUT2D eigenvalue weighted by Crippen LogP contribution is -2.42. The molecule has 6 nitrogen and oxygen atoms in total. The van der Waals surface area contributed by atoms with E-state index in [0.29, 0.717) is 6.61 Å². The summed E-state index contributed by atoms with van der Waals surface area (Å²) in [5, 5.41) is 0. The fourth-order valence-electron chi connectivity index (χ4n) is 5.54. The van der Waals surface area contributed by atoms with Crippen LogP contribution in [0.4, 0.5) is 0 Å². The van der Waals surface area contributed by atoms with Crippen LogP contribution in [0.3, 0.4) is 0 Å². The Kier molecular flexibility index (Phi) is 14.6. The fraction of sp³-hybridized carbons (Fsp3) is 0.486. The molecular formula is C35H50O6Si. The molecule has 42 heavy (non-hydrogen) atoms. The van der Waals surface area contributed by atoms with E-state index in [1.165, 1.54) is 38.5 Å². The van der Waals surface area contributed by atoms with Gasteiger partial charge in [-0.2, -0.15) is 0 Å². The van der Waals surface area contributed by atoms with Crippen LogP contribution in [-0.4, -0.2) is 51.0 Å². The Morgan fingerprint density at radius 1 is 0.476 bits per heavy atom. The van der Waals surface area contributed by atoms with Crippen LogP contribution < -0.4 is 9.47 Å². The maximum Gasteiger partial charge on any atom is 0.500 e. The van der Waals surface area contributed by atoms with Gasteiger partial charge in [-0.25, -0.2) is 0 Å². The molecule has 0 saturated carbocycles. The van der Waals surface area contributed by atoms with Crippen LogP contribution in [0.2, 0.25) is 6.04 Å². The van der Waals surface area contributed by atoms with Gasteiger partial charge in [-0.05, 0) is 53.8 Å². The molecule has 0 atom stereocenters. The summed E-state index contributed by atoms with van der Waals surface area (Å²) in [5.41, 5.74) is 2.50. The molecule has 0 aliphatic rings. The Hall–Kier alpha value is -2.68. The first kappa shape index (κ1) is 33.8. The van der Waals surface area contributed by atoms with Crippen molar-refractivity contribution in [3.63, 3.8) is 0 Å². The predicted octanol–water partition coefficient (Wildman–Crippen LogP) is 8.40. The van der Waals surface area contributed by atoms with Crippen molar-refractivity contribution < 1.29 is 27.5 Å². The van der Waals surface area contributed by atoms with Crippen molar-refractivity contribution in [2.75, 3.05) is 42.2 Å². The quantitative estimate of drug-likeness (QED) is 0.0701. The SMILES string of the molecule is COc1ccc(C(OCCCCCCCCCCC[Si](OC)(OC)OC)(c2ccccc2)c2ccc(OC)cc2)cc1. The van der Waals surface area contributed by atoms with Crippen molar-refractivity contribution in [3.8, 4) is 11.5 Å². The summed E-state index contributed by atoms with van der Waals surface area (Å²) in [6.45, 7) is 0.664. The number of ether oxygens (including phenoxy) is 3. The van der Waals surface area contributed by atoms with Gasteiger partial charge in [-0.15, -0.1) is 0 Å². The molecule has 0 aliphatic carbocycles. The lowest BCUT2D eigenvalue weighted by molar-refractivity contribution is 0.0106. The minimum atomic E-state index is -2.42. The summed E-state index contributed by atoms with van der Waals surface area (Å²) < 4.78 is 34.4. The van der Waals surface area contributed by atoms with Gasteiger partial charge < -0.3 is 27.5 Å². The molecule has 7 heteroatoms. The standard InChI is InChI=1S/C35H50O6Si/c1-36-33-24-20-31(21-25-33)35(30-18-14-13-15-19-30,32-22-26-34(37-2)27-23-32)41-28-16-11-9-7-6-8-10-12-17-29-42(38-3,39-4)40-5/h13-15,18-27H,6-12,16-17,28-29H2,1-5H3. The molecule has 3 aromatic carbocycles. The fourth-order valence-corrected chi connectivity index (χ4v) is 7.33. The van der Waals surface area contributed by atoms with Crippen LogP contribution in [0.1, 0.15) is 74.5 Å². The van der Waals surface area contributed by atoms with Gasteiger partial charge in [0, 0.05) is 34.0 Å². The highest BCUT2D eigenvalue weighted by Gasteiger charge is 2.38. The lowest BCUT2D eigenvalue weighted by atomic mass is 9.80. The van der Waals surface area contributed by atoms with E-state index in [-0.39, 0.29) is 0 Å². The van der Waals surface area contributed by atoms with Gasteiger partial charge in [-0.3, -0.25) is 0 Å². The molecule has 0 aromatic heterocycles. The van der Waals surface area contributed by atoms with Gasteiger partial charge in [0.25, 0.3) is 0 Å². The van der Waals surface area contributed by atoms with E-state index in [0.717, 1.165) is 53.5 Å². The molecule has 0 unspecified atom stereocenters. The summed E-state index contributed by atoms with van der Waals surface area (Å²) in [7, 11) is 6.02. The van der Waals surface area contributed by atoms with E-state index in [4.69, 9.17) is 27.5 Å². The molecule has 0 radical (unpaired) electrons. The van der Waals surface area contributed by atoms with Crippen molar-refractivity contribution in [3.05, 3.63) is 95.6 Å². The van der Waals surface area contributed by atoms with Gasteiger partial charge in [-0.1, -0.05) is 99.5 Å². The van der Waals surface area contributed by atoms with Crippen molar-refractivity contribution in [1.82, 2.24) is 0 Å². The predicted molar refractivity (Wildman–Crippen MR) is 171 cm³/mol. The molecule has 0 fully saturated rings. The highest BCUT2D eigenvalue weighted by molar-refractivity contribution is 6.60. The zero-order valence-corrected chi connectivity index (χ0v) is 27.2. The largest absolute Gasteiger partial charge is 0.500 e. The average Bonchev–Trinajstić information content (AvgIpc) is 3.06. The Morgan fingerprint density at radius 3 is 1.31 bits per heavy atom. The molecule has 0 spiro atoms. The number of methoxy groups -OCH3 is 2. The highest BCUT2D eigenvalue weighted by Crippen LogP contribution is 2.41. The zero-order valence-electron chi connectivity index (χ0n) is 26.2. The number of hydrogen-bond acceptors (Lipinski definition) is 6. The lowest BCUT2D eigenvalue weighted by Gasteiger charge is -2.36. The van der Waals surface area contributed by atoms with Crippen LogP contribution in [-0.2, 0) is 23.6 Å². The monoisotopic (exact) mass is 594 g/mol. The zero-order chi connectivity index (χ0) is 30.1. The number of unbranched alkanes of at least 4 members (excludes halogenated alkanes) is 8. The van der Waals surface area contributed by atoms with Gasteiger partial charge in [0.1, 0.15) is 17.1 Å². The molecular weight excluding hydrogens is 544 g/mol. The molecule has 0 heterocycles. The van der Waals surface area contributed by atoms with Crippen LogP contribution in [0.5, 0.6) is 11.5 Å². The maximum absolute atomic E-state index is 6.95. The van der Waals surface area contributed by atoms with E-state index < -0.39 is 14.4 Å². The molecule has 3 rings (SSSR count). The second kappa shape index (κ2) is 18.1. The highest BCUT2D eigenvalue weighted by atomic mass is 28.4. The topological polar surface area (TPSA) is 55.4 Å². The number of rotatable bonds is 21. The Balaban J connectivity index is 1.56. The summed E-state index contributed by atoms with van der Waals surface area (Å²) in [6, 6.07) is 27.8. The molecule has 0 bridgehead atoms. The van der Waals surface area contributed by atoms with Crippen molar-refractivity contribution in [1.29, 1.82) is 0 Å². The Bertz CT molecular complexity index is 1060.